The lowest BCUT2D eigenvalue weighted by molar-refractivity contribution is 0.278. The molecule has 3 rings (SSSR count). The van der Waals surface area contributed by atoms with Crippen molar-refractivity contribution in [2.75, 3.05) is 0 Å². The summed E-state index contributed by atoms with van der Waals surface area (Å²) in [6.07, 6.45) is 13.8. The summed E-state index contributed by atoms with van der Waals surface area (Å²) in [5.41, 5.74) is 0. The lowest BCUT2D eigenvalue weighted by Gasteiger charge is -2.24. The van der Waals surface area contributed by atoms with Gasteiger partial charge in [-0.15, -0.1) is 0 Å². The van der Waals surface area contributed by atoms with Crippen LogP contribution >= 0.6 is 0 Å². The molecule has 0 radical (unpaired) electrons. The maximum Gasteiger partial charge on any atom is -0.0386 e. The molecule has 3 aliphatic carbocycles. The minimum absolute atomic E-state index is 1.19. The Morgan fingerprint density at radius 3 is 1.00 bits per heavy atom. The van der Waals surface area contributed by atoms with Crippen molar-refractivity contribution in [1.29, 1.82) is 0 Å². The van der Waals surface area contributed by atoms with Gasteiger partial charge in [-0.1, -0.05) is 44.9 Å². The van der Waals surface area contributed by atoms with Crippen molar-refractivity contribution in [2.45, 2.75) is 57.8 Å². The molecule has 3 fully saturated rings. The zero-order valence-corrected chi connectivity index (χ0v) is 7.52. The molecule has 0 saturated heterocycles. The molecule has 3 saturated carbocycles. The molecule has 0 heteroatoms. The molecule has 0 aromatic heterocycles. The van der Waals surface area contributed by atoms with Gasteiger partial charge in [-0.05, 0) is 24.7 Å². The average molecular weight is 152 g/mol. The second-order valence-corrected chi connectivity index (χ2v) is 4.44. The highest BCUT2D eigenvalue weighted by molar-refractivity contribution is 4.85. The molecule has 0 aromatic carbocycles. The van der Waals surface area contributed by atoms with Crippen LogP contribution in [0.4, 0.5) is 0 Å². The Morgan fingerprint density at radius 1 is 0.455 bits per heavy atom. The molecule has 0 bridgehead atoms. The topological polar surface area (TPSA) is 0 Å². The summed E-state index contributed by atoms with van der Waals surface area (Å²) in [4.78, 5) is 0. The lowest BCUT2D eigenvalue weighted by atomic mass is 9.82. The zero-order valence-electron chi connectivity index (χ0n) is 7.52. The monoisotopic (exact) mass is 152 g/mol. The largest absolute Gasteiger partial charge is 0.0533 e. The summed E-state index contributed by atoms with van der Waals surface area (Å²) in [5.74, 6) is 2.40. The van der Waals surface area contributed by atoms with E-state index in [-0.39, 0.29) is 0 Å². The smallest absolute Gasteiger partial charge is 0.0386 e. The van der Waals surface area contributed by atoms with Gasteiger partial charge in [0.1, 0.15) is 0 Å². The van der Waals surface area contributed by atoms with E-state index in [0.29, 0.717) is 0 Å². The second kappa shape index (κ2) is 3.60. The van der Waals surface area contributed by atoms with Gasteiger partial charge in [0.2, 0.25) is 0 Å². The third-order valence-corrected chi connectivity index (χ3v) is 3.44. The van der Waals surface area contributed by atoms with E-state index in [1.54, 1.807) is 25.7 Å². The fraction of sp³-hybridized carbons (Fsp3) is 1.00. The van der Waals surface area contributed by atoms with Gasteiger partial charge in [0.15, 0.2) is 0 Å². The Hall–Kier alpha value is 0. The lowest BCUT2D eigenvalue weighted by Crippen LogP contribution is -2.12. The van der Waals surface area contributed by atoms with E-state index < -0.39 is 0 Å². The molecule has 11 heavy (non-hydrogen) atoms. The van der Waals surface area contributed by atoms with Crippen LogP contribution in [0.1, 0.15) is 57.8 Å². The third-order valence-electron chi connectivity index (χ3n) is 3.44. The summed E-state index contributed by atoms with van der Waals surface area (Å²) in [6.45, 7) is 0. The molecule has 0 aromatic rings. The van der Waals surface area contributed by atoms with Crippen LogP contribution in [0.5, 0.6) is 0 Å². The minimum Gasteiger partial charge on any atom is -0.0533 e. The van der Waals surface area contributed by atoms with Crippen molar-refractivity contribution in [1.82, 2.24) is 0 Å². The van der Waals surface area contributed by atoms with Crippen molar-refractivity contribution >= 4 is 0 Å². The molecule has 3 aliphatic rings. The third kappa shape index (κ3) is 2.21. The molecule has 0 heterocycles. The van der Waals surface area contributed by atoms with Gasteiger partial charge in [-0.25, -0.2) is 0 Å². The first kappa shape index (κ1) is 7.64. The first-order valence-corrected chi connectivity index (χ1v) is 5.47. The first-order valence-electron chi connectivity index (χ1n) is 5.47. The van der Waals surface area contributed by atoms with Gasteiger partial charge in [-0.3, -0.25) is 0 Å². The molecule has 64 valence electrons. The number of hydrogen-bond acceptors (Lipinski definition) is 0. The van der Waals surface area contributed by atoms with Crippen LogP contribution in [0.15, 0.2) is 0 Å². The number of hydrogen-bond donors (Lipinski definition) is 0. The van der Waals surface area contributed by atoms with E-state index in [0.717, 1.165) is 0 Å². The van der Waals surface area contributed by atoms with Crippen molar-refractivity contribution in [3.05, 3.63) is 0 Å². The van der Waals surface area contributed by atoms with Crippen LogP contribution in [0.3, 0.4) is 0 Å². The van der Waals surface area contributed by atoms with E-state index in [9.17, 15) is 0 Å². The van der Waals surface area contributed by atoms with E-state index in [1.165, 1.54) is 43.9 Å². The Kier molecular flexibility index (Phi) is 2.50. The predicted octanol–water partition coefficient (Wildman–Crippen LogP) is 3.76. The van der Waals surface area contributed by atoms with E-state index in [2.05, 4.69) is 0 Å². The average Bonchev–Trinajstić information content (AvgIpc) is 2.36. The Morgan fingerprint density at radius 2 is 0.909 bits per heavy atom. The van der Waals surface area contributed by atoms with Crippen LogP contribution < -0.4 is 0 Å². The van der Waals surface area contributed by atoms with Crippen molar-refractivity contribution in [3.63, 3.8) is 0 Å². The molecule has 0 nitrogen and oxygen atoms in total. The van der Waals surface area contributed by atoms with Crippen molar-refractivity contribution in [2.24, 2.45) is 11.8 Å². The van der Waals surface area contributed by atoms with Gasteiger partial charge in [-0.2, -0.15) is 0 Å². The van der Waals surface area contributed by atoms with E-state index in [1.807, 2.05) is 0 Å². The highest BCUT2D eigenvalue weighted by atomic mass is 14.4. The van der Waals surface area contributed by atoms with Gasteiger partial charge >= 0.3 is 0 Å². The standard InChI is InChI=1S/C7H12.C4H8/c1-2-6(3-1)7-4-5-7;1-2-4-3-1/h6-7H,1-5H2;1-4H2. The zero-order chi connectivity index (χ0) is 7.52. The molecular formula is C11H20. The molecular weight excluding hydrogens is 132 g/mol. The van der Waals surface area contributed by atoms with Crippen LogP contribution in [0.2, 0.25) is 0 Å². The molecule has 0 atom stereocenters. The molecule has 0 unspecified atom stereocenters. The SMILES string of the molecule is C1CC(C2CC2)C1.C1CCC1. The van der Waals surface area contributed by atoms with E-state index in [4.69, 9.17) is 0 Å². The van der Waals surface area contributed by atoms with Crippen LogP contribution in [0, 0.1) is 11.8 Å². The Balaban J connectivity index is 0.000000103. The van der Waals surface area contributed by atoms with Crippen LogP contribution in [-0.4, -0.2) is 0 Å². The molecule has 0 amide bonds. The van der Waals surface area contributed by atoms with Gasteiger partial charge in [0.25, 0.3) is 0 Å². The fourth-order valence-electron chi connectivity index (χ4n) is 1.73. The maximum atomic E-state index is 1.56. The van der Waals surface area contributed by atoms with E-state index >= 15 is 0 Å². The van der Waals surface area contributed by atoms with Gasteiger partial charge < -0.3 is 0 Å². The summed E-state index contributed by atoms with van der Waals surface area (Å²) in [6, 6.07) is 0. The highest BCUT2D eigenvalue weighted by Crippen LogP contribution is 2.46. The summed E-state index contributed by atoms with van der Waals surface area (Å²) in [5, 5.41) is 0. The summed E-state index contributed by atoms with van der Waals surface area (Å²) in [7, 11) is 0. The Labute approximate surface area is 70.4 Å². The summed E-state index contributed by atoms with van der Waals surface area (Å²) < 4.78 is 0. The minimum atomic E-state index is 1.19. The predicted molar refractivity (Wildman–Crippen MR) is 48.5 cm³/mol. The normalized spacial score (nSPS) is 29.5. The van der Waals surface area contributed by atoms with Crippen molar-refractivity contribution < 1.29 is 0 Å². The molecule has 0 spiro atoms. The van der Waals surface area contributed by atoms with Gasteiger partial charge in [0, 0.05) is 0 Å². The Bertz CT molecular complexity index is 101. The van der Waals surface area contributed by atoms with Gasteiger partial charge in [0.05, 0.1) is 0 Å². The second-order valence-electron chi connectivity index (χ2n) is 4.44. The maximum absolute atomic E-state index is 1.56. The van der Waals surface area contributed by atoms with Crippen LogP contribution in [-0.2, 0) is 0 Å². The molecule has 0 aliphatic heterocycles. The molecule has 0 N–H and O–H groups in total. The highest BCUT2D eigenvalue weighted by Gasteiger charge is 2.34. The number of rotatable bonds is 1. The van der Waals surface area contributed by atoms with Crippen molar-refractivity contribution in [3.8, 4) is 0 Å². The fourth-order valence-corrected chi connectivity index (χ4v) is 1.73. The summed E-state index contributed by atoms with van der Waals surface area (Å²) >= 11 is 0. The quantitative estimate of drug-likeness (QED) is 0.536. The first-order chi connectivity index (χ1) is 5.47. The van der Waals surface area contributed by atoms with Crippen LogP contribution in [0.25, 0.3) is 0 Å².